The molecular formula is C13H18FN3. The summed E-state index contributed by atoms with van der Waals surface area (Å²) >= 11 is 0. The van der Waals surface area contributed by atoms with E-state index in [0.717, 1.165) is 17.7 Å². The third-order valence-corrected chi connectivity index (χ3v) is 2.44. The van der Waals surface area contributed by atoms with Crippen LogP contribution in [0.25, 0.3) is 0 Å². The van der Waals surface area contributed by atoms with Crippen molar-refractivity contribution in [1.82, 2.24) is 9.55 Å². The van der Waals surface area contributed by atoms with E-state index in [0.29, 0.717) is 13.1 Å². The molecule has 4 heteroatoms. The summed E-state index contributed by atoms with van der Waals surface area (Å²) in [5.74, 6) is -0.210. The minimum absolute atomic E-state index is 0. The fraction of sp³-hybridized carbons (Fsp3) is 0.308. The molecule has 2 rings (SSSR count). The zero-order valence-corrected chi connectivity index (χ0v) is 8.94. The molecular weight excluding hydrogens is 217 g/mol. The van der Waals surface area contributed by atoms with Gasteiger partial charge in [-0.25, -0.2) is 9.37 Å². The number of benzene rings is 1. The number of halogens is 1. The second-order valence-corrected chi connectivity index (χ2v) is 3.68. The molecule has 0 amide bonds. The molecule has 0 saturated carbocycles. The van der Waals surface area contributed by atoms with E-state index in [1.807, 2.05) is 10.6 Å². The Labute approximate surface area is 101 Å². The lowest BCUT2D eigenvalue weighted by molar-refractivity contribution is 0.622. The Hall–Kier alpha value is -1.68. The maximum Gasteiger partial charge on any atom is 0.123 e. The van der Waals surface area contributed by atoms with Crippen LogP contribution in [0.15, 0.2) is 36.8 Å². The highest BCUT2D eigenvalue weighted by Gasteiger charge is 2.02. The number of nitrogens with zero attached hydrogens (tertiary/aromatic N) is 2. The van der Waals surface area contributed by atoms with Gasteiger partial charge in [-0.05, 0) is 24.2 Å². The maximum atomic E-state index is 13.0. The fourth-order valence-electron chi connectivity index (χ4n) is 1.68. The van der Waals surface area contributed by atoms with Crippen LogP contribution in [0.2, 0.25) is 0 Å². The highest BCUT2D eigenvalue weighted by molar-refractivity contribution is 5.17. The fourth-order valence-corrected chi connectivity index (χ4v) is 1.68. The van der Waals surface area contributed by atoms with Gasteiger partial charge in [-0.3, -0.25) is 0 Å². The zero-order chi connectivity index (χ0) is 11.4. The highest BCUT2D eigenvalue weighted by atomic mass is 19.1. The first kappa shape index (κ1) is 13.4. The van der Waals surface area contributed by atoms with Crippen LogP contribution in [0.1, 0.15) is 18.7 Å². The Morgan fingerprint density at radius 3 is 2.88 bits per heavy atom. The SMILES string of the molecule is C.NCCc1cncn1Cc1cccc(F)c1. The molecule has 3 nitrogen and oxygen atoms in total. The Balaban J connectivity index is 0.00000144. The molecule has 0 aliphatic rings. The standard InChI is InChI=1S/C12H14FN3.CH4/c13-11-3-1-2-10(6-11)8-16-9-15-7-12(16)4-5-14;/h1-3,6-7,9H,4-5,8,14H2;1H4. The third kappa shape index (κ3) is 3.39. The monoisotopic (exact) mass is 235 g/mol. The van der Waals surface area contributed by atoms with Crippen molar-refractivity contribution >= 4 is 0 Å². The predicted octanol–water partition coefficient (Wildman–Crippen LogP) is 2.21. The van der Waals surface area contributed by atoms with Crippen LogP contribution in [0.3, 0.4) is 0 Å². The quantitative estimate of drug-likeness (QED) is 0.883. The molecule has 0 bridgehead atoms. The minimum atomic E-state index is -0.210. The average Bonchev–Trinajstić information content (AvgIpc) is 2.66. The first-order chi connectivity index (χ1) is 7.79. The Morgan fingerprint density at radius 2 is 2.18 bits per heavy atom. The third-order valence-electron chi connectivity index (χ3n) is 2.44. The van der Waals surface area contributed by atoms with E-state index in [1.54, 1.807) is 18.6 Å². The Bertz CT molecular complexity index is 465. The van der Waals surface area contributed by atoms with Gasteiger partial charge in [0.15, 0.2) is 0 Å². The van der Waals surface area contributed by atoms with Crippen LogP contribution in [0, 0.1) is 5.82 Å². The van der Waals surface area contributed by atoms with Gasteiger partial charge in [-0.2, -0.15) is 0 Å². The molecule has 0 aliphatic carbocycles. The molecule has 92 valence electrons. The first-order valence-corrected chi connectivity index (χ1v) is 5.23. The van der Waals surface area contributed by atoms with Crippen molar-refractivity contribution in [3.63, 3.8) is 0 Å². The van der Waals surface area contributed by atoms with E-state index in [1.165, 1.54) is 12.1 Å². The average molecular weight is 235 g/mol. The zero-order valence-electron chi connectivity index (χ0n) is 8.94. The van der Waals surface area contributed by atoms with Crippen molar-refractivity contribution in [3.8, 4) is 0 Å². The molecule has 1 aromatic carbocycles. The van der Waals surface area contributed by atoms with Crippen LogP contribution >= 0.6 is 0 Å². The summed E-state index contributed by atoms with van der Waals surface area (Å²) in [6, 6.07) is 6.59. The second kappa shape index (κ2) is 6.15. The Morgan fingerprint density at radius 1 is 1.35 bits per heavy atom. The van der Waals surface area contributed by atoms with Gasteiger partial charge in [0.1, 0.15) is 5.82 Å². The van der Waals surface area contributed by atoms with Gasteiger partial charge in [-0.1, -0.05) is 19.6 Å². The van der Waals surface area contributed by atoms with Gasteiger partial charge in [0.25, 0.3) is 0 Å². The number of aromatic nitrogens is 2. The minimum Gasteiger partial charge on any atom is -0.330 e. The van der Waals surface area contributed by atoms with Crippen molar-refractivity contribution in [2.24, 2.45) is 5.73 Å². The first-order valence-electron chi connectivity index (χ1n) is 5.23. The van der Waals surface area contributed by atoms with Crippen molar-refractivity contribution in [3.05, 3.63) is 53.9 Å². The van der Waals surface area contributed by atoms with Gasteiger partial charge in [-0.15, -0.1) is 0 Å². The molecule has 0 fully saturated rings. The lowest BCUT2D eigenvalue weighted by atomic mass is 10.2. The molecule has 1 aromatic heterocycles. The van der Waals surface area contributed by atoms with Crippen LogP contribution in [-0.4, -0.2) is 16.1 Å². The topological polar surface area (TPSA) is 43.8 Å². The van der Waals surface area contributed by atoms with E-state index in [9.17, 15) is 4.39 Å². The van der Waals surface area contributed by atoms with Gasteiger partial charge in [0, 0.05) is 24.9 Å². The van der Waals surface area contributed by atoms with Gasteiger partial charge in [0.05, 0.1) is 6.33 Å². The molecule has 2 aromatic rings. The van der Waals surface area contributed by atoms with Crippen molar-refractivity contribution in [1.29, 1.82) is 0 Å². The molecule has 2 N–H and O–H groups in total. The molecule has 0 saturated heterocycles. The lowest BCUT2D eigenvalue weighted by Gasteiger charge is -2.07. The van der Waals surface area contributed by atoms with Gasteiger partial charge < -0.3 is 10.3 Å². The number of imidazole rings is 1. The summed E-state index contributed by atoms with van der Waals surface area (Å²) in [5.41, 5.74) is 7.51. The molecule has 1 heterocycles. The van der Waals surface area contributed by atoms with Crippen molar-refractivity contribution in [2.45, 2.75) is 20.4 Å². The van der Waals surface area contributed by atoms with Crippen LogP contribution in [-0.2, 0) is 13.0 Å². The van der Waals surface area contributed by atoms with Crippen molar-refractivity contribution < 1.29 is 4.39 Å². The van der Waals surface area contributed by atoms with Crippen LogP contribution in [0.5, 0.6) is 0 Å². The van der Waals surface area contributed by atoms with Gasteiger partial charge >= 0.3 is 0 Å². The highest BCUT2D eigenvalue weighted by Crippen LogP contribution is 2.08. The summed E-state index contributed by atoms with van der Waals surface area (Å²) in [5, 5.41) is 0. The normalized spacial score (nSPS) is 10.0. The smallest absolute Gasteiger partial charge is 0.123 e. The number of hydrogen-bond acceptors (Lipinski definition) is 2. The Kier molecular flexibility index (Phi) is 4.84. The van der Waals surface area contributed by atoms with Crippen LogP contribution in [0.4, 0.5) is 4.39 Å². The van der Waals surface area contributed by atoms with E-state index in [-0.39, 0.29) is 13.2 Å². The molecule has 0 radical (unpaired) electrons. The molecule has 0 spiro atoms. The molecule has 0 unspecified atom stereocenters. The molecule has 17 heavy (non-hydrogen) atoms. The van der Waals surface area contributed by atoms with Crippen LogP contribution < -0.4 is 5.73 Å². The summed E-state index contributed by atoms with van der Waals surface area (Å²) in [6.45, 7) is 1.22. The van der Waals surface area contributed by atoms with E-state index in [4.69, 9.17) is 5.73 Å². The number of nitrogens with two attached hydrogens (primary N) is 1. The summed E-state index contributed by atoms with van der Waals surface area (Å²) < 4.78 is 15.0. The summed E-state index contributed by atoms with van der Waals surface area (Å²) in [4.78, 5) is 4.07. The molecule has 0 atom stereocenters. The lowest BCUT2D eigenvalue weighted by Crippen LogP contribution is -2.09. The van der Waals surface area contributed by atoms with E-state index in [2.05, 4.69) is 4.98 Å². The predicted molar refractivity (Wildman–Crippen MR) is 67.2 cm³/mol. The summed E-state index contributed by atoms with van der Waals surface area (Å²) in [7, 11) is 0. The number of rotatable bonds is 4. The second-order valence-electron chi connectivity index (χ2n) is 3.68. The van der Waals surface area contributed by atoms with E-state index < -0.39 is 0 Å². The van der Waals surface area contributed by atoms with E-state index >= 15 is 0 Å². The maximum absolute atomic E-state index is 13.0. The summed E-state index contributed by atoms with van der Waals surface area (Å²) in [6.07, 6.45) is 4.33. The number of hydrogen-bond donors (Lipinski definition) is 1. The largest absolute Gasteiger partial charge is 0.330 e. The molecule has 0 aliphatic heterocycles. The van der Waals surface area contributed by atoms with Crippen molar-refractivity contribution in [2.75, 3.05) is 6.54 Å². The van der Waals surface area contributed by atoms with Gasteiger partial charge in [0.2, 0.25) is 0 Å².